The van der Waals surface area contributed by atoms with Crippen molar-refractivity contribution in [1.82, 2.24) is 0 Å². The average Bonchev–Trinajstić information content (AvgIpc) is 3.11. The van der Waals surface area contributed by atoms with Gasteiger partial charge in [-0.3, -0.25) is 9.59 Å². The van der Waals surface area contributed by atoms with Gasteiger partial charge < -0.3 is 15.4 Å². The van der Waals surface area contributed by atoms with E-state index in [-0.39, 0.29) is 24.0 Å². The number of carbonyl (C=O) groups excluding carboxylic acids is 2. The summed E-state index contributed by atoms with van der Waals surface area (Å²) in [6.45, 7) is 1.86. The third kappa shape index (κ3) is 2.61. The van der Waals surface area contributed by atoms with E-state index in [2.05, 4.69) is 10.6 Å². The fraction of sp³-hybridized carbons (Fsp3) is 0.429. The van der Waals surface area contributed by atoms with Crippen LogP contribution in [0.25, 0.3) is 0 Å². The standard InChI is InChI=1S/C14H16N2O3/c1-8-13(19-8)14(18)15-10-6-5-9-3-2-4-12(17)16-11(9)7-10/h5-8,13H,2-4H2,1H3,(H,15,18)(H,16,17)/t8-,13+/m0/s1. The molecule has 1 fully saturated rings. The van der Waals surface area contributed by atoms with E-state index in [1.165, 1.54) is 0 Å². The molecular weight excluding hydrogens is 244 g/mol. The zero-order valence-corrected chi connectivity index (χ0v) is 10.7. The van der Waals surface area contributed by atoms with Gasteiger partial charge in [0.05, 0.1) is 6.10 Å². The molecule has 2 amide bonds. The van der Waals surface area contributed by atoms with Crippen molar-refractivity contribution < 1.29 is 14.3 Å². The summed E-state index contributed by atoms with van der Waals surface area (Å²) in [5.41, 5.74) is 2.60. The van der Waals surface area contributed by atoms with Gasteiger partial charge in [-0.2, -0.15) is 0 Å². The van der Waals surface area contributed by atoms with Gasteiger partial charge in [-0.05, 0) is 37.5 Å². The molecule has 0 spiro atoms. The molecule has 2 aliphatic heterocycles. The van der Waals surface area contributed by atoms with Crippen LogP contribution >= 0.6 is 0 Å². The number of anilines is 2. The van der Waals surface area contributed by atoms with Crippen LogP contribution in [0, 0.1) is 0 Å². The quantitative estimate of drug-likeness (QED) is 0.795. The molecule has 0 radical (unpaired) electrons. The molecule has 0 saturated carbocycles. The van der Waals surface area contributed by atoms with Crippen LogP contribution in [0.1, 0.15) is 25.3 Å². The number of fused-ring (bicyclic) bond motifs is 1. The number of amides is 2. The molecule has 1 saturated heterocycles. The Morgan fingerprint density at radius 3 is 2.95 bits per heavy atom. The van der Waals surface area contributed by atoms with Crippen molar-refractivity contribution in [2.24, 2.45) is 0 Å². The molecule has 0 aromatic heterocycles. The summed E-state index contributed by atoms with van der Waals surface area (Å²) in [7, 11) is 0. The van der Waals surface area contributed by atoms with Crippen LogP contribution < -0.4 is 10.6 Å². The fourth-order valence-corrected chi connectivity index (χ4v) is 2.31. The SMILES string of the molecule is C[C@@H]1O[C@H]1C(=O)Nc1ccc2c(c1)NC(=O)CCC2. The van der Waals surface area contributed by atoms with E-state index in [4.69, 9.17) is 4.74 Å². The van der Waals surface area contributed by atoms with E-state index in [9.17, 15) is 9.59 Å². The maximum absolute atomic E-state index is 11.8. The molecule has 0 bridgehead atoms. The molecular formula is C14H16N2O3. The first-order chi connectivity index (χ1) is 9.13. The molecule has 2 heterocycles. The van der Waals surface area contributed by atoms with Crippen molar-refractivity contribution in [3.05, 3.63) is 23.8 Å². The van der Waals surface area contributed by atoms with E-state index < -0.39 is 0 Å². The number of carbonyl (C=O) groups is 2. The topological polar surface area (TPSA) is 70.7 Å². The van der Waals surface area contributed by atoms with Gasteiger partial charge in [0.25, 0.3) is 5.91 Å². The summed E-state index contributed by atoms with van der Waals surface area (Å²) in [6.07, 6.45) is 1.95. The predicted molar refractivity (Wildman–Crippen MR) is 71.0 cm³/mol. The van der Waals surface area contributed by atoms with Crippen LogP contribution in [-0.2, 0) is 20.7 Å². The lowest BCUT2D eigenvalue weighted by atomic mass is 10.1. The number of aryl methyl sites for hydroxylation is 1. The van der Waals surface area contributed by atoms with Crippen LogP contribution in [0.15, 0.2) is 18.2 Å². The minimum absolute atomic E-state index is 0.000491. The van der Waals surface area contributed by atoms with Crippen LogP contribution in [0.3, 0.4) is 0 Å². The molecule has 1 aromatic carbocycles. The van der Waals surface area contributed by atoms with Crippen molar-refractivity contribution >= 4 is 23.2 Å². The van der Waals surface area contributed by atoms with Gasteiger partial charge in [-0.15, -0.1) is 0 Å². The van der Waals surface area contributed by atoms with E-state index in [1.807, 2.05) is 25.1 Å². The summed E-state index contributed by atoms with van der Waals surface area (Å²) in [6, 6.07) is 5.62. The summed E-state index contributed by atoms with van der Waals surface area (Å²) >= 11 is 0. The number of benzene rings is 1. The Morgan fingerprint density at radius 1 is 1.42 bits per heavy atom. The Bertz CT molecular complexity index is 541. The zero-order chi connectivity index (χ0) is 13.4. The highest BCUT2D eigenvalue weighted by Gasteiger charge is 2.41. The Kier molecular flexibility index (Phi) is 2.98. The molecule has 5 nitrogen and oxygen atoms in total. The average molecular weight is 260 g/mol. The van der Waals surface area contributed by atoms with Gasteiger partial charge in [-0.1, -0.05) is 6.07 Å². The number of rotatable bonds is 2. The molecule has 1 aromatic rings. The smallest absolute Gasteiger partial charge is 0.256 e. The molecule has 2 N–H and O–H groups in total. The number of hydrogen-bond acceptors (Lipinski definition) is 3. The van der Waals surface area contributed by atoms with Gasteiger partial charge in [0.2, 0.25) is 5.91 Å². The second-order valence-electron chi connectivity index (χ2n) is 5.02. The van der Waals surface area contributed by atoms with Crippen LogP contribution in [-0.4, -0.2) is 24.0 Å². The van der Waals surface area contributed by atoms with Crippen molar-refractivity contribution in [3.8, 4) is 0 Å². The van der Waals surface area contributed by atoms with Gasteiger partial charge in [0.15, 0.2) is 6.10 Å². The third-order valence-corrected chi connectivity index (χ3v) is 3.47. The van der Waals surface area contributed by atoms with E-state index in [0.29, 0.717) is 12.1 Å². The molecule has 100 valence electrons. The van der Waals surface area contributed by atoms with Gasteiger partial charge in [0, 0.05) is 17.8 Å². The number of ether oxygens (including phenoxy) is 1. The first kappa shape index (κ1) is 12.2. The first-order valence-electron chi connectivity index (χ1n) is 6.52. The minimum atomic E-state index is -0.339. The second-order valence-corrected chi connectivity index (χ2v) is 5.02. The summed E-state index contributed by atoms with van der Waals surface area (Å²) in [5.74, 6) is -0.103. The molecule has 19 heavy (non-hydrogen) atoms. The largest absolute Gasteiger partial charge is 0.359 e. The molecule has 3 rings (SSSR count). The van der Waals surface area contributed by atoms with Crippen molar-refractivity contribution in [1.29, 1.82) is 0 Å². The highest BCUT2D eigenvalue weighted by atomic mass is 16.6. The molecule has 0 unspecified atom stereocenters. The normalized spacial score (nSPS) is 25.0. The Balaban J connectivity index is 1.76. The highest BCUT2D eigenvalue weighted by molar-refractivity contribution is 5.98. The van der Waals surface area contributed by atoms with Crippen molar-refractivity contribution in [2.45, 2.75) is 38.4 Å². The van der Waals surface area contributed by atoms with Crippen LogP contribution in [0.2, 0.25) is 0 Å². The lowest BCUT2D eigenvalue weighted by Crippen LogP contribution is -2.19. The van der Waals surface area contributed by atoms with Crippen molar-refractivity contribution in [2.75, 3.05) is 10.6 Å². The lowest BCUT2D eigenvalue weighted by Gasteiger charge is -2.10. The number of nitrogens with one attached hydrogen (secondary N) is 2. The van der Waals surface area contributed by atoms with E-state index in [1.54, 1.807) is 0 Å². The van der Waals surface area contributed by atoms with Gasteiger partial charge >= 0.3 is 0 Å². The summed E-state index contributed by atoms with van der Waals surface area (Å²) in [5, 5.41) is 5.67. The summed E-state index contributed by atoms with van der Waals surface area (Å²) < 4.78 is 5.12. The van der Waals surface area contributed by atoms with Gasteiger partial charge in [0.1, 0.15) is 0 Å². The molecule has 2 aliphatic rings. The molecule has 0 aliphatic carbocycles. The fourth-order valence-electron chi connectivity index (χ4n) is 2.31. The zero-order valence-electron chi connectivity index (χ0n) is 10.7. The van der Waals surface area contributed by atoms with Crippen LogP contribution in [0.4, 0.5) is 11.4 Å². The third-order valence-electron chi connectivity index (χ3n) is 3.47. The predicted octanol–water partition coefficient (Wildman–Crippen LogP) is 1.69. The maximum Gasteiger partial charge on any atom is 0.256 e. The van der Waals surface area contributed by atoms with E-state index in [0.717, 1.165) is 24.1 Å². The Hall–Kier alpha value is -1.88. The highest BCUT2D eigenvalue weighted by Crippen LogP contribution is 2.27. The lowest BCUT2D eigenvalue weighted by molar-refractivity contribution is -0.117. The number of hydrogen-bond donors (Lipinski definition) is 2. The van der Waals surface area contributed by atoms with Crippen molar-refractivity contribution in [3.63, 3.8) is 0 Å². The molecule has 2 atom stereocenters. The first-order valence-corrected chi connectivity index (χ1v) is 6.52. The monoisotopic (exact) mass is 260 g/mol. The summed E-state index contributed by atoms with van der Waals surface area (Å²) in [4.78, 5) is 23.3. The second kappa shape index (κ2) is 4.66. The Morgan fingerprint density at radius 2 is 2.21 bits per heavy atom. The minimum Gasteiger partial charge on any atom is -0.359 e. The Labute approximate surface area is 111 Å². The molecule has 5 heteroatoms. The maximum atomic E-state index is 11.8. The van der Waals surface area contributed by atoms with E-state index >= 15 is 0 Å². The van der Waals surface area contributed by atoms with Crippen LogP contribution in [0.5, 0.6) is 0 Å². The van der Waals surface area contributed by atoms with Gasteiger partial charge in [-0.25, -0.2) is 0 Å². The number of epoxide rings is 1.